The number of hydrogen-bond acceptors (Lipinski definition) is 7. The van der Waals surface area contributed by atoms with Gasteiger partial charge in [0.25, 0.3) is 5.91 Å². The van der Waals surface area contributed by atoms with Crippen molar-refractivity contribution in [1.82, 2.24) is 4.90 Å². The third kappa shape index (κ3) is 11.3. The quantitative estimate of drug-likeness (QED) is 0.162. The molecule has 1 aliphatic rings. The Labute approximate surface area is 316 Å². The van der Waals surface area contributed by atoms with Gasteiger partial charge in [-0.05, 0) is 81.3 Å². The number of aliphatic carboxylic acids is 1. The molecular weight excluding hydrogens is 707 g/mol. The number of para-hydroxylation sites is 1. The smallest absolute Gasteiger partial charge is 0.410 e. The van der Waals surface area contributed by atoms with Crippen molar-refractivity contribution in [3.8, 4) is 11.5 Å². The number of aryl methyl sites for hydroxylation is 1. The second-order valence-electron chi connectivity index (χ2n) is 15.0. The van der Waals surface area contributed by atoms with E-state index in [4.69, 9.17) is 42.1 Å². The van der Waals surface area contributed by atoms with Crippen molar-refractivity contribution in [3.05, 3.63) is 87.4 Å². The van der Waals surface area contributed by atoms with Gasteiger partial charge in [0, 0.05) is 46.5 Å². The van der Waals surface area contributed by atoms with Crippen molar-refractivity contribution in [2.45, 2.75) is 85.0 Å². The van der Waals surface area contributed by atoms with E-state index in [1.165, 1.54) is 7.11 Å². The number of ether oxygens (including phenoxy) is 4. The van der Waals surface area contributed by atoms with Crippen LogP contribution in [0.1, 0.15) is 83.6 Å². The maximum absolute atomic E-state index is 13.9. The molecule has 2 atom stereocenters. The molecule has 2 amide bonds. The Kier molecular flexibility index (Phi) is 13.9. The predicted molar refractivity (Wildman–Crippen MR) is 203 cm³/mol. The second-order valence-corrected chi connectivity index (χ2v) is 15.9. The van der Waals surface area contributed by atoms with Crippen LogP contribution in [0.4, 0.5) is 10.5 Å². The third-order valence-electron chi connectivity index (χ3n) is 8.21. The highest BCUT2D eigenvalue weighted by molar-refractivity contribution is 6.31. The molecule has 3 aromatic rings. The highest BCUT2D eigenvalue weighted by Gasteiger charge is 2.40. The van der Waals surface area contributed by atoms with Crippen LogP contribution in [-0.2, 0) is 25.5 Å². The molecule has 0 spiro atoms. The number of halogens is 2. The van der Waals surface area contributed by atoms with Gasteiger partial charge in [-0.2, -0.15) is 0 Å². The van der Waals surface area contributed by atoms with E-state index < -0.39 is 42.2 Å². The van der Waals surface area contributed by atoms with Gasteiger partial charge in [-0.1, -0.05) is 74.3 Å². The Hall–Kier alpha value is -3.99. The van der Waals surface area contributed by atoms with Gasteiger partial charge in [0.2, 0.25) is 0 Å². The van der Waals surface area contributed by atoms with Gasteiger partial charge in [0.15, 0.2) is 11.5 Å². The Bertz CT molecular complexity index is 1720. The van der Waals surface area contributed by atoms with Gasteiger partial charge >= 0.3 is 12.1 Å². The largest absolute Gasteiger partial charge is 0.492 e. The molecule has 1 heterocycles. The van der Waals surface area contributed by atoms with Crippen molar-refractivity contribution in [2.24, 2.45) is 5.41 Å². The first-order valence-corrected chi connectivity index (χ1v) is 18.2. The molecule has 282 valence electrons. The maximum atomic E-state index is 13.9. The van der Waals surface area contributed by atoms with E-state index in [0.29, 0.717) is 77.3 Å². The Balaban J connectivity index is 1.57. The topological polar surface area (TPSA) is 115 Å². The van der Waals surface area contributed by atoms with Crippen LogP contribution in [0, 0.1) is 5.41 Å². The number of anilines is 1. The number of hydrogen-bond donors (Lipinski definition) is 1. The fourth-order valence-electron chi connectivity index (χ4n) is 6.03. The SMILES string of the molecule is COc1c(OCCCN(CCCc2ccccc2Cl)C(=O)OC(C)(C)C)cccc1[C@H]1O[C@H](CC(=O)O)C(=O)N(CC(C)(C)C)c2ccc(Cl)cc21. The molecule has 0 fully saturated rings. The highest BCUT2D eigenvalue weighted by Crippen LogP contribution is 2.45. The Morgan fingerprint density at radius 1 is 0.942 bits per heavy atom. The lowest BCUT2D eigenvalue weighted by Gasteiger charge is -2.31. The lowest BCUT2D eigenvalue weighted by Crippen LogP contribution is -2.44. The van der Waals surface area contributed by atoms with Crippen LogP contribution < -0.4 is 14.4 Å². The van der Waals surface area contributed by atoms with Crippen LogP contribution in [0.2, 0.25) is 10.0 Å². The molecule has 4 rings (SSSR count). The summed E-state index contributed by atoms with van der Waals surface area (Å²) < 4.78 is 24.2. The van der Waals surface area contributed by atoms with E-state index in [0.717, 1.165) is 5.56 Å². The Morgan fingerprint density at radius 3 is 2.31 bits per heavy atom. The van der Waals surface area contributed by atoms with Gasteiger partial charge < -0.3 is 33.9 Å². The molecule has 0 aliphatic carbocycles. The van der Waals surface area contributed by atoms with E-state index in [2.05, 4.69) is 0 Å². The third-order valence-corrected chi connectivity index (χ3v) is 8.81. The number of benzene rings is 3. The van der Waals surface area contributed by atoms with E-state index in [9.17, 15) is 19.5 Å². The van der Waals surface area contributed by atoms with Gasteiger partial charge in [-0.15, -0.1) is 0 Å². The highest BCUT2D eigenvalue weighted by atomic mass is 35.5. The van der Waals surface area contributed by atoms with Crippen molar-refractivity contribution in [2.75, 3.05) is 38.3 Å². The van der Waals surface area contributed by atoms with Crippen LogP contribution in [0.3, 0.4) is 0 Å². The van der Waals surface area contributed by atoms with Gasteiger partial charge in [-0.25, -0.2) is 4.79 Å². The van der Waals surface area contributed by atoms with E-state index in [1.807, 2.05) is 65.8 Å². The normalized spacial score (nSPS) is 16.2. The standard InChI is InChI=1S/C40H50Cl2N2O8/c1-39(2,3)25-44-31-19-18-27(41)23-29(31)35(51-33(37(44)47)24-34(45)46)28-15-10-17-32(36(28)49-7)50-22-12-21-43(38(48)52-40(4,5)6)20-11-14-26-13-8-9-16-30(26)42/h8-10,13,15-19,23,33,35H,11-12,14,20-22,24-25H2,1-7H3,(H,45,46)/t33-,35-/m1/s1. The number of amides is 2. The van der Waals surface area contributed by atoms with Crippen molar-refractivity contribution >= 4 is 46.9 Å². The number of carboxylic acids is 1. The lowest BCUT2D eigenvalue weighted by atomic mass is 9.94. The molecule has 0 aromatic heterocycles. The molecule has 1 aliphatic heterocycles. The molecule has 0 bridgehead atoms. The van der Waals surface area contributed by atoms with Crippen LogP contribution in [-0.4, -0.2) is 73.0 Å². The first kappa shape index (κ1) is 40.8. The van der Waals surface area contributed by atoms with E-state index in [-0.39, 0.29) is 12.0 Å². The maximum Gasteiger partial charge on any atom is 0.410 e. The van der Waals surface area contributed by atoms with Crippen LogP contribution in [0.5, 0.6) is 11.5 Å². The summed E-state index contributed by atoms with van der Waals surface area (Å²) >= 11 is 12.9. The molecule has 0 saturated heterocycles. The molecule has 12 heteroatoms. The van der Waals surface area contributed by atoms with Crippen molar-refractivity contribution in [1.29, 1.82) is 0 Å². The van der Waals surface area contributed by atoms with Gasteiger partial charge in [0.05, 0.1) is 20.1 Å². The number of carbonyl (C=O) groups is 3. The zero-order chi connectivity index (χ0) is 38.2. The minimum absolute atomic E-state index is 0.247. The lowest BCUT2D eigenvalue weighted by molar-refractivity contribution is -0.147. The minimum Gasteiger partial charge on any atom is -0.492 e. The minimum atomic E-state index is -1.28. The molecule has 0 saturated carbocycles. The number of methoxy groups -OCH3 is 1. The summed E-state index contributed by atoms with van der Waals surface area (Å²) in [6, 6.07) is 18.2. The van der Waals surface area contributed by atoms with Gasteiger partial charge in [-0.3, -0.25) is 9.59 Å². The first-order valence-electron chi connectivity index (χ1n) is 17.5. The number of carbonyl (C=O) groups excluding carboxylic acids is 2. The second kappa shape index (κ2) is 17.7. The van der Waals surface area contributed by atoms with Crippen molar-refractivity contribution in [3.63, 3.8) is 0 Å². The molecule has 0 unspecified atom stereocenters. The molecule has 0 radical (unpaired) electrons. The molecule has 3 aromatic carbocycles. The number of carboxylic acid groups (broad SMARTS) is 1. The molecular formula is C40H50Cl2N2O8. The summed E-state index contributed by atoms with van der Waals surface area (Å²) in [4.78, 5) is 42.3. The summed E-state index contributed by atoms with van der Waals surface area (Å²) in [5, 5.41) is 10.9. The number of rotatable bonds is 14. The summed E-state index contributed by atoms with van der Waals surface area (Å²) in [5.74, 6) is -0.819. The van der Waals surface area contributed by atoms with Crippen LogP contribution in [0.15, 0.2) is 60.7 Å². The summed E-state index contributed by atoms with van der Waals surface area (Å²) in [6.07, 6.45) is -1.21. The zero-order valence-corrected chi connectivity index (χ0v) is 32.6. The van der Waals surface area contributed by atoms with E-state index in [1.54, 1.807) is 46.2 Å². The number of nitrogens with zero attached hydrogens (tertiary/aromatic N) is 2. The van der Waals surface area contributed by atoms with Gasteiger partial charge in [0.1, 0.15) is 17.8 Å². The zero-order valence-electron chi connectivity index (χ0n) is 31.0. The van der Waals surface area contributed by atoms with E-state index >= 15 is 0 Å². The summed E-state index contributed by atoms with van der Waals surface area (Å²) in [7, 11) is 1.51. The predicted octanol–water partition coefficient (Wildman–Crippen LogP) is 8.98. The monoisotopic (exact) mass is 756 g/mol. The van der Waals surface area contributed by atoms with Crippen LogP contribution >= 0.6 is 23.2 Å². The van der Waals surface area contributed by atoms with Crippen molar-refractivity contribution < 1.29 is 38.4 Å². The summed E-state index contributed by atoms with van der Waals surface area (Å²) in [6.45, 7) is 12.9. The fourth-order valence-corrected chi connectivity index (χ4v) is 6.44. The number of fused-ring (bicyclic) bond motifs is 1. The molecule has 1 N–H and O–H groups in total. The first-order chi connectivity index (χ1) is 24.5. The average molecular weight is 758 g/mol. The summed E-state index contributed by atoms with van der Waals surface area (Å²) in [5.41, 5.74) is 1.78. The fraction of sp³-hybridized carbons (Fsp3) is 0.475. The molecule has 10 nitrogen and oxygen atoms in total. The Morgan fingerprint density at radius 2 is 1.65 bits per heavy atom. The molecule has 52 heavy (non-hydrogen) atoms. The average Bonchev–Trinajstić information content (AvgIpc) is 3.15. The van der Waals surface area contributed by atoms with Crippen LogP contribution in [0.25, 0.3) is 0 Å².